The summed E-state index contributed by atoms with van der Waals surface area (Å²) in [6.45, 7) is 8.45. The Hall–Kier alpha value is -4.00. The Bertz CT molecular complexity index is 1360. The van der Waals surface area contributed by atoms with Crippen molar-refractivity contribution < 1.29 is 19.0 Å². The number of rotatable bonds is 15. The lowest BCUT2D eigenvalue weighted by atomic mass is 10.1. The van der Waals surface area contributed by atoms with Crippen molar-refractivity contribution in [1.82, 2.24) is 14.9 Å². The predicted molar refractivity (Wildman–Crippen MR) is 155 cm³/mol. The molecule has 0 aliphatic carbocycles. The van der Waals surface area contributed by atoms with E-state index in [2.05, 4.69) is 22.0 Å². The molecule has 0 atom stereocenters. The third-order valence-electron chi connectivity index (χ3n) is 6.56. The van der Waals surface area contributed by atoms with Crippen molar-refractivity contribution in [2.75, 3.05) is 26.4 Å². The Morgan fingerprint density at radius 2 is 1.64 bits per heavy atom. The van der Waals surface area contributed by atoms with Gasteiger partial charge in [-0.1, -0.05) is 42.8 Å². The van der Waals surface area contributed by atoms with Gasteiger partial charge in [0.25, 0.3) is 5.91 Å². The van der Waals surface area contributed by atoms with Crippen LogP contribution in [0.1, 0.15) is 43.1 Å². The minimum Gasteiger partial charge on any atom is -0.490 e. The van der Waals surface area contributed by atoms with Crippen LogP contribution in [0, 0.1) is 13.8 Å². The van der Waals surface area contributed by atoms with E-state index in [1.54, 1.807) is 0 Å². The van der Waals surface area contributed by atoms with Crippen LogP contribution in [0.15, 0.2) is 66.7 Å². The van der Waals surface area contributed by atoms with Gasteiger partial charge >= 0.3 is 0 Å². The number of nitrogens with zero attached hydrogens (tertiary/aromatic N) is 2. The van der Waals surface area contributed by atoms with Gasteiger partial charge < -0.3 is 24.1 Å². The number of amides is 1. The number of hydrogen-bond acceptors (Lipinski definition) is 5. The average Bonchev–Trinajstić information content (AvgIpc) is 3.29. The molecule has 0 unspecified atom stereocenters. The van der Waals surface area contributed by atoms with Gasteiger partial charge in [0.2, 0.25) is 0 Å². The first-order valence-electron chi connectivity index (χ1n) is 13.8. The maximum Gasteiger partial charge on any atom is 0.257 e. The van der Waals surface area contributed by atoms with Crippen molar-refractivity contribution in [3.8, 4) is 17.2 Å². The van der Waals surface area contributed by atoms with E-state index in [-0.39, 0.29) is 12.5 Å². The zero-order valence-electron chi connectivity index (χ0n) is 23.2. The van der Waals surface area contributed by atoms with E-state index in [1.807, 2.05) is 75.4 Å². The van der Waals surface area contributed by atoms with Gasteiger partial charge in [0.1, 0.15) is 18.2 Å². The molecule has 0 bridgehead atoms. The van der Waals surface area contributed by atoms with Gasteiger partial charge in [-0.25, -0.2) is 4.98 Å². The van der Waals surface area contributed by atoms with E-state index >= 15 is 0 Å². The van der Waals surface area contributed by atoms with Crippen molar-refractivity contribution >= 4 is 16.9 Å². The van der Waals surface area contributed by atoms with Crippen LogP contribution < -0.4 is 19.5 Å². The summed E-state index contributed by atoms with van der Waals surface area (Å²) in [6.07, 6.45) is 3.77. The topological polar surface area (TPSA) is 74.6 Å². The number of hydrogen-bond donors (Lipinski definition) is 1. The highest BCUT2D eigenvalue weighted by Crippen LogP contribution is 2.26. The van der Waals surface area contributed by atoms with Gasteiger partial charge in [0, 0.05) is 13.0 Å². The summed E-state index contributed by atoms with van der Waals surface area (Å²) in [7, 11) is 0. The Morgan fingerprint density at radius 3 is 2.46 bits per heavy atom. The molecule has 0 saturated heterocycles. The van der Waals surface area contributed by atoms with Crippen LogP contribution in [0.3, 0.4) is 0 Å². The van der Waals surface area contributed by atoms with Crippen molar-refractivity contribution in [1.29, 1.82) is 0 Å². The van der Waals surface area contributed by atoms with Crippen LogP contribution in [-0.2, 0) is 17.8 Å². The van der Waals surface area contributed by atoms with Crippen molar-refractivity contribution in [3.63, 3.8) is 0 Å². The Balaban J connectivity index is 1.22. The standard InChI is InChI=1S/C32H39N3O4/c1-4-37-28-14-9-10-15-29(28)38-21-20-35-27-13-8-7-12-26(27)34-31(35)16-6-5-11-19-33-32(36)23-39-30-22-24(2)17-18-25(30)3/h7-10,12-15,17-18,22H,4-6,11,16,19-21,23H2,1-3H3,(H,33,36). The SMILES string of the molecule is CCOc1ccccc1OCCn1c(CCCCCNC(=O)COc2cc(C)ccc2C)nc2ccccc21. The summed E-state index contributed by atoms with van der Waals surface area (Å²) in [6, 6.07) is 22.0. The predicted octanol–water partition coefficient (Wildman–Crippen LogP) is 6.04. The molecule has 1 heterocycles. The van der Waals surface area contributed by atoms with Gasteiger partial charge in [0.15, 0.2) is 18.1 Å². The number of aryl methyl sites for hydroxylation is 3. The number of aromatic nitrogens is 2. The fourth-order valence-corrected chi connectivity index (χ4v) is 4.53. The van der Waals surface area contributed by atoms with Crippen molar-refractivity contribution in [3.05, 3.63) is 83.7 Å². The smallest absolute Gasteiger partial charge is 0.257 e. The van der Waals surface area contributed by atoms with E-state index in [9.17, 15) is 4.79 Å². The molecule has 4 rings (SSSR count). The van der Waals surface area contributed by atoms with Gasteiger partial charge in [-0.2, -0.15) is 0 Å². The first-order valence-corrected chi connectivity index (χ1v) is 13.8. The average molecular weight is 530 g/mol. The highest BCUT2D eigenvalue weighted by Gasteiger charge is 2.12. The van der Waals surface area contributed by atoms with Crippen molar-refractivity contribution in [2.45, 2.75) is 53.0 Å². The number of carbonyl (C=O) groups excluding carboxylic acids is 1. The van der Waals surface area contributed by atoms with Crippen LogP contribution in [0.5, 0.6) is 17.2 Å². The zero-order valence-corrected chi connectivity index (χ0v) is 23.2. The minimum atomic E-state index is -0.0939. The number of ether oxygens (including phenoxy) is 3. The number of fused-ring (bicyclic) bond motifs is 1. The molecule has 0 fully saturated rings. The number of para-hydroxylation sites is 4. The van der Waals surface area contributed by atoms with Crippen LogP contribution >= 0.6 is 0 Å². The molecular formula is C32H39N3O4. The Labute approximate surface area is 231 Å². The van der Waals surface area contributed by atoms with Gasteiger partial charge in [0.05, 0.1) is 24.2 Å². The van der Waals surface area contributed by atoms with Crippen LogP contribution in [0.25, 0.3) is 11.0 Å². The van der Waals surface area contributed by atoms with Gasteiger partial charge in [-0.3, -0.25) is 4.79 Å². The lowest BCUT2D eigenvalue weighted by molar-refractivity contribution is -0.123. The van der Waals surface area contributed by atoms with E-state index in [0.29, 0.717) is 26.3 Å². The summed E-state index contributed by atoms with van der Waals surface area (Å²) in [5, 5.41) is 2.96. The Kier molecular flexibility index (Phi) is 10.2. The third-order valence-corrected chi connectivity index (χ3v) is 6.56. The number of benzene rings is 3. The normalized spacial score (nSPS) is 10.9. The molecule has 1 aromatic heterocycles. The largest absolute Gasteiger partial charge is 0.490 e. The maximum atomic E-state index is 12.2. The molecule has 0 spiro atoms. The van der Waals surface area contributed by atoms with Crippen molar-refractivity contribution in [2.24, 2.45) is 0 Å². The molecular weight excluding hydrogens is 490 g/mol. The summed E-state index contributed by atoms with van der Waals surface area (Å²) in [5.74, 6) is 3.25. The molecule has 7 nitrogen and oxygen atoms in total. The van der Waals surface area contributed by atoms with E-state index in [1.165, 1.54) is 0 Å². The summed E-state index contributed by atoms with van der Waals surface area (Å²) in [5.41, 5.74) is 4.26. The molecule has 39 heavy (non-hydrogen) atoms. The molecule has 4 aromatic rings. The lowest BCUT2D eigenvalue weighted by Gasteiger charge is -2.13. The molecule has 0 radical (unpaired) electrons. The van der Waals surface area contributed by atoms with E-state index in [4.69, 9.17) is 19.2 Å². The van der Waals surface area contributed by atoms with Crippen LogP contribution in [0.2, 0.25) is 0 Å². The molecule has 0 saturated carbocycles. The monoisotopic (exact) mass is 529 g/mol. The molecule has 0 aliphatic rings. The number of unbranched alkanes of at least 4 members (excludes halogenated alkanes) is 2. The van der Waals surface area contributed by atoms with Crippen LogP contribution in [0.4, 0.5) is 0 Å². The molecule has 1 N–H and O–H groups in total. The molecule has 1 amide bonds. The first-order chi connectivity index (χ1) is 19.0. The second-order valence-corrected chi connectivity index (χ2v) is 9.61. The molecule has 206 valence electrons. The lowest BCUT2D eigenvalue weighted by Crippen LogP contribution is -2.29. The van der Waals surface area contributed by atoms with E-state index in [0.717, 1.165) is 70.9 Å². The minimum absolute atomic E-state index is 0.0332. The molecule has 7 heteroatoms. The fraction of sp³-hybridized carbons (Fsp3) is 0.375. The molecule has 0 aliphatic heterocycles. The highest BCUT2D eigenvalue weighted by atomic mass is 16.5. The quantitative estimate of drug-likeness (QED) is 0.190. The van der Waals surface area contributed by atoms with Crippen LogP contribution in [-0.4, -0.2) is 41.8 Å². The number of nitrogens with one attached hydrogen (secondary N) is 1. The van der Waals surface area contributed by atoms with Gasteiger partial charge in [-0.05, 0) is 75.1 Å². The first kappa shape index (κ1) is 28.0. The number of imidazole rings is 1. The fourth-order valence-electron chi connectivity index (χ4n) is 4.53. The summed E-state index contributed by atoms with van der Waals surface area (Å²) < 4.78 is 19.7. The summed E-state index contributed by atoms with van der Waals surface area (Å²) in [4.78, 5) is 17.1. The van der Waals surface area contributed by atoms with Gasteiger partial charge in [-0.15, -0.1) is 0 Å². The number of carbonyl (C=O) groups is 1. The maximum absolute atomic E-state index is 12.2. The zero-order chi connectivity index (χ0) is 27.5. The van der Waals surface area contributed by atoms with E-state index < -0.39 is 0 Å². The second-order valence-electron chi connectivity index (χ2n) is 9.61. The highest BCUT2D eigenvalue weighted by molar-refractivity contribution is 5.77. The molecule has 3 aromatic carbocycles. The Morgan fingerprint density at radius 1 is 0.872 bits per heavy atom. The second kappa shape index (κ2) is 14.2. The third kappa shape index (κ3) is 7.99. The summed E-state index contributed by atoms with van der Waals surface area (Å²) >= 11 is 0.